The van der Waals surface area contributed by atoms with Crippen LogP contribution in [0, 0.1) is 0 Å². The van der Waals surface area contributed by atoms with Crippen LogP contribution < -0.4 is 10.9 Å². The maximum atomic E-state index is 11.3. The molecule has 1 aromatic heterocycles. The molecule has 2 aromatic rings. The van der Waals surface area contributed by atoms with Crippen LogP contribution in [0.25, 0.3) is 11.1 Å². The van der Waals surface area contributed by atoms with E-state index in [4.69, 9.17) is 10.9 Å². The molecule has 1 heterocycles. The molecule has 7 heteroatoms. The fraction of sp³-hybridized carbons (Fsp3) is 0.100. The Bertz CT molecular complexity index is 661. The number of nitrogen functional groups attached to an aromatic ring is 1. The lowest BCUT2D eigenvalue weighted by atomic mass is 10.1. The highest BCUT2D eigenvalue weighted by atomic mass is 32.2. The van der Waals surface area contributed by atoms with Crippen molar-refractivity contribution in [2.45, 2.75) is 4.90 Å². The first-order valence-corrected chi connectivity index (χ1v) is 6.33. The zero-order valence-corrected chi connectivity index (χ0v) is 9.98. The minimum atomic E-state index is -3.76. The van der Waals surface area contributed by atoms with Crippen molar-refractivity contribution in [1.82, 2.24) is 9.78 Å². The normalized spacial score (nSPS) is 11.6. The monoisotopic (exact) mass is 252 g/mol. The van der Waals surface area contributed by atoms with Gasteiger partial charge in [-0.3, -0.25) is 4.68 Å². The van der Waals surface area contributed by atoms with Gasteiger partial charge < -0.3 is 5.73 Å². The number of aryl methyl sites for hydroxylation is 1. The van der Waals surface area contributed by atoms with E-state index in [1.807, 2.05) is 0 Å². The summed E-state index contributed by atoms with van der Waals surface area (Å²) in [6.45, 7) is 0. The van der Waals surface area contributed by atoms with E-state index in [1.165, 1.54) is 12.1 Å². The average molecular weight is 252 g/mol. The van der Waals surface area contributed by atoms with E-state index < -0.39 is 10.0 Å². The van der Waals surface area contributed by atoms with E-state index >= 15 is 0 Å². The van der Waals surface area contributed by atoms with E-state index in [1.54, 1.807) is 30.2 Å². The number of rotatable bonds is 2. The van der Waals surface area contributed by atoms with Crippen LogP contribution in [0.5, 0.6) is 0 Å². The third kappa shape index (κ3) is 2.45. The lowest BCUT2D eigenvalue weighted by molar-refractivity contribution is 0.598. The van der Waals surface area contributed by atoms with Gasteiger partial charge in [-0.25, -0.2) is 13.6 Å². The second-order valence-electron chi connectivity index (χ2n) is 3.74. The van der Waals surface area contributed by atoms with Crippen LogP contribution in [0.2, 0.25) is 0 Å². The SMILES string of the molecule is Cn1cc(-c2cc(N)cc(S(N)(=O)=O)c2)cn1. The molecular formula is C10H12N4O2S. The Morgan fingerprint density at radius 1 is 1.24 bits per heavy atom. The van der Waals surface area contributed by atoms with Gasteiger partial charge in [-0.05, 0) is 23.8 Å². The molecular weight excluding hydrogens is 240 g/mol. The van der Waals surface area contributed by atoms with Crippen molar-refractivity contribution < 1.29 is 8.42 Å². The second-order valence-corrected chi connectivity index (χ2v) is 5.30. The lowest BCUT2D eigenvalue weighted by Gasteiger charge is -2.04. The summed E-state index contributed by atoms with van der Waals surface area (Å²) < 4.78 is 24.2. The summed E-state index contributed by atoms with van der Waals surface area (Å²) in [5.74, 6) is 0. The number of primary sulfonamides is 1. The zero-order valence-electron chi connectivity index (χ0n) is 9.16. The Labute approximate surface area is 98.9 Å². The molecule has 0 saturated carbocycles. The van der Waals surface area contributed by atoms with Gasteiger partial charge in [0.05, 0.1) is 11.1 Å². The van der Waals surface area contributed by atoms with Crippen LogP contribution in [-0.4, -0.2) is 18.2 Å². The summed E-state index contributed by atoms with van der Waals surface area (Å²) in [6.07, 6.45) is 3.39. The van der Waals surface area contributed by atoms with Gasteiger partial charge in [-0.15, -0.1) is 0 Å². The van der Waals surface area contributed by atoms with Crippen molar-refractivity contribution in [2.24, 2.45) is 12.2 Å². The van der Waals surface area contributed by atoms with E-state index in [9.17, 15) is 8.42 Å². The van der Waals surface area contributed by atoms with Crippen LogP contribution in [-0.2, 0) is 17.1 Å². The van der Waals surface area contributed by atoms with Gasteiger partial charge >= 0.3 is 0 Å². The molecule has 0 saturated heterocycles. The van der Waals surface area contributed by atoms with Crippen LogP contribution in [0.1, 0.15) is 0 Å². The Kier molecular flexibility index (Phi) is 2.64. The largest absolute Gasteiger partial charge is 0.399 e. The highest BCUT2D eigenvalue weighted by molar-refractivity contribution is 7.89. The summed E-state index contributed by atoms with van der Waals surface area (Å²) in [4.78, 5) is -0.00338. The number of nitrogens with two attached hydrogens (primary N) is 2. The van der Waals surface area contributed by atoms with Crippen molar-refractivity contribution in [1.29, 1.82) is 0 Å². The molecule has 0 aliphatic heterocycles. The molecule has 0 bridgehead atoms. The highest BCUT2D eigenvalue weighted by Crippen LogP contribution is 2.24. The molecule has 1 aromatic carbocycles. The summed E-state index contributed by atoms with van der Waals surface area (Å²) in [7, 11) is -1.98. The topological polar surface area (TPSA) is 104 Å². The first-order valence-electron chi connectivity index (χ1n) is 4.78. The Morgan fingerprint density at radius 3 is 2.47 bits per heavy atom. The average Bonchev–Trinajstić information content (AvgIpc) is 2.62. The molecule has 0 radical (unpaired) electrons. The fourth-order valence-corrected chi connectivity index (χ4v) is 2.11. The number of nitrogens with zero attached hydrogens (tertiary/aromatic N) is 2. The number of hydrogen-bond acceptors (Lipinski definition) is 4. The molecule has 17 heavy (non-hydrogen) atoms. The maximum absolute atomic E-state index is 11.3. The van der Waals surface area contributed by atoms with E-state index in [2.05, 4.69) is 5.10 Å². The summed E-state index contributed by atoms with van der Waals surface area (Å²) in [6, 6.07) is 4.48. The van der Waals surface area contributed by atoms with Crippen molar-refractivity contribution in [3.8, 4) is 11.1 Å². The van der Waals surface area contributed by atoms with Crippen molar-refractivity contribution in [3.05, 3.63) is 30.6 Å². The quantitative estimate of drug-likeness (QED) is 0.751. The molecule has 0 unspecified atom stereocenters. The third-order valence-corrected chi connectivity index (χ3v) is 3.19. The van der Waals surface area contributed by atoms with Gasteiger partial charge in [0.1, 0.15) is 0 Å². The Balaban J connectivity index is 2.60. The Hall–Kier alpha value is -1.86. The molecule has 0 atom stereocenters. The number of benzene rings is 1. The van der Waals surface area contributed by atoms with Gasteiger partial charge in [0.25, 0.3) is 0 Å². The highest BCUT2D eigenvalue weighted by Gasteiger charge is 2.11. The minimum Gasteiger partial charge on any atom is -0.399 e. The molecule has 0 spiro atoms. The van der Waals surface area contributed by atoms with Crippen LogP contribution in [0.15, 0.2) is 35.5 Å². The minimum absolute atomic E-state index is 0.00338. The standard InChI is InChI=1S/C10H12N4O2S/c1-14-6-8(5-13-14)7-2-9(11)4-10(3-7)17(12,15)16/h2-6H,11H2,1H3,(H2,12,15,16). The number of sulfonamides is 1. The number of anilines is 1. The molecule has 0 aliphatic carbocycles. The van der Waals surface area contributed by atoms with Gasteiger partial charge in [-0.1, -0.05) is 0 Å². The van der Waals surface area contributed by atoms with E-state index in [0.717, 1.165) is 5.56 Å². The number of aromatic nitrogens is 2. The van der Waals surface area contributed by atoms with Gasteiger partial charge in [0, 0.05) is 24.5 Å². The van der Waals surface area contributed by atoms with Gasteiger partial charge in [-0.2, -0.15) is 5.10 Å². The molecule has 0 fully saturated rings. The predicted molar refractivity (Wildman–Crippen MR) is 64.4 cm³/mol. The molecule has 4 N–H and O–H groups in total. The third-order valence-electron chi connectivity index (χ3n) is 2.30. The van der Waals surface area contributed by atoms with Crippen molar-refractivity contribution in [2.75, 3.05) is 5.73 Å². The van der Waals surface area contributed by atoms with Crippen molar-refractivity contribution in [3.63, 3.8) is 0 Å². The molecule has 0 amide bonds. The second kappa shape index (κ2) is 3.86. The summed E-state index contributed by atoms with van der Waals surface area (Å²) >= 11 is 0. The zero-order chi connectivity index (χ0) is 12.6. The first kappa shape index (κ1) is 11.6. The van der Waals surface area contributed by atoms with E-state index in [-0.39, 0.29) is 4.90 Å². The molecule has 0 aliphatic rings. The molecule has 90 valence electrons. The number of hydrogen-bond donors (Lipinski definition) is 2. The van der Waals surface area contributed by atoms with Crippen LogP contribution in [0.4, 0.5) is 5.69 Å². The first-order chi connectivity index (χ1) is 7.86. The Morgan fingerprint density at radius 2 is 1.94 bits per heavy atom. The van der Waals surface area contributed by atoms with Crippen LogP contribution in [0.3, 0.4) is 0 Å². The van der Waals surface area contributed by atoms with Gasteiger partial charge in [0.15, 0.2) is 0 Å². The predicted octanol–water partition coefficient (Wildman–Crippen LogP) is 0.317. The molecule has 6 nitrogen and oxygen atoms in total. The molecule has 2 rings (SSSR count). The van der Waals surface area contributed by atoms with Crippen LogP contribution >= 0.6 is 0 Å². The van der Waals surface area contributed by atoms with Gasteiger partial charge in [0.2, 0.25) is 10.0 Å². The maximum Gasteiger partial charge on any atom is 0.238 e. The lowest BCUT2D eigenvalue weighted by Crippen LogP contribution is -2.12. The van der Waals surface area contributed by atoms with Crippen molar-refractivity contribution >= 4 is 15.7 Å². The fourth-order valence-electron chi connectivity index (χ4n) is 1.52. The smallest absolute Gasteiger partial charge is 0.238 e. The summed E-state index contributed by atoms with van der Waals surface area (Å²) in [5, 5.41) is 9.08. The van der Waals surface area contributed by atoms with E-state index in [0.29, 0.717) is 11.3 Å². The summed E-state index contributed by atoms with van der Waals surface area (Å²) in [5.41, 5.74) is 7.45.